The lowest BCUT2D eigenvalue weighted by Gasteiger charge is -1.62. The smallest absolute Gasteiger partial charge is 0.300 e. The average Bonchev–Trinajstić information content (AvgIpc) is 1.88. The van der Waals surface area contributed by atoms with E-state index in [9.17, 15) is 4.79 Å². The molecule has 0 aliphatic heterocycles. The Hall–Kier alpha value is -1.38. The van der Waals surface area contributed by atoms with E-state index in [1.165, 1.54) is 6.08 Å². The summed E-state index contributed by atoms with van der Waals surface area (Å²) in [6, 6.07) is 0. The van der Waals surface area contributed by atoms with E-state index in [2.05, 4.69) is 0 Å². The van der Waals surface area contributed by atoms with Crippen molar-refractivity contribution in [3.63, 3.8) is 0 Å². The summed E-state index contributed by atoms with van der Waals surface area (Å²) in [6.07, 6.45) is 7.54. The van der Waals surface area contributed by atoms with Gasteiger partial charge in [0.15, 0.2) is 0 Å². The van der Waals surface area contributed by atoms with Gasteiger partial charge in [-0.05, 0) is 13.0 Å². The highest BCUT2D eigenvalue weighted by molar-refractivity contribution is 5.65. The monoisotopic (exact) mass is 156 g/mol. The Balaban J connectivity index is 0. The van der Waals surface area contributed by atoms with E-state index in [0.29, 0.717) is 0 Å². The second-order valence-corrected chi connectivity index (χ2v) is 1.57. The number of aliphatic carboxylic acids is 1. The topological polar surface area (TPSA) is 54.4 Å². The summed E-state index contributed by atoms with van der Waals surface area (Å²) in [6.45, 7) is 2.98. The van der Waals surface area contributed by atoms with Crippen LogP contribution in [0.15, 0.2) is 24.3 Å². The van der Waals surface area contributed by atoms with Gasteiger partial charge in [-0.2, -0.15) is 0 Å². The summed E-state index contributed by atoms with van der Waals surface area (Å²) in [7, 11) is 0. The maximum atomic E-state index is 9.56. The molecule has 0 unspecified atom stereocenters. The molecule has 1 N–H and O–H groups in total. The molecule has 0 atom stereocenters. The Labute approximate surface area is 66.0 Å². The minimum absolute atomic E-state index is 0.750. The highest BCUT2D eigenvalue weighted by Crippen LogP contribution is 1.70. The fourth-order valence-electron chi connectivity index (χ4n) is 0.221. The van der Waals surface area contributed by atoms with Crippen molar-refractivity contribution in [1.82, 2.24) is 0 Å². The van der Waals surface area contributed by atoms with E-state index in [4.69, 9.17) is 9.90 Å². The standard InChI is InChI=1S/C6H8O.C2H4O2/c1-2-3-4-5-6-7;1-2(3)4/h2-6H,1H3;1H3,(H,3,4)/b3-2+,5-4+;. The van der Waals surface area contributed by atoms with Crippen molar-refractivity contribution in [1.29, 1.82) is 0 Å². The van der Waals surface area contributed by atoms with Gasteiger partial charge in [-0.3, -0.25) is 9.59 Å². The maximum absolute atomic E-state index is 9.56. The van der Waals surface area contributed by atoms with Crippen LogP contribution in [0, 0.1) is 0 Å². The molecule has 0 radical (unpaired) electrons. The molecule has 3 nitrogen and oxygen atoms in total. The lowest BCUT2D eigenvalue weighted by Crippen LogP contribution is -1.78. The number of carboxylic acid groups (broad SMARTS) is 1. The van der Waals surface area contributed by atoms with E-state index >= 15 is 0 Å². The maximum Gasteiger partial charge on any atom is 0.300 e. The van der Waals surface area contributed by atoms with Gasteiger partial charge in [0.25, 0.3) is 5.97 Å². The summed E-state index contributed by atoms with van der Waals surface area (Å²) >= 11 is 0. The summed E-state index contributed by atoms with van der Waals surface area (Å²) in [4.78, 5) is 18.6. The number of allylic oxidation sites excluding steroid dienone is 4. The normalized spacial score (nSPS) is 9.27. The summed E-state index contributed by atoms with van der Waals surface area (Å²) < 4.78 is 0. The van der Waals surface area contributed by atoms with Crippen molar-refractivity contribution in [3.05, 3.63) is 24.3 Å². The van der Waals surface area contributed by atoms with Crippen LogP contribution in [-0.2, 0) is 9.59 Å². The van der Waals surface area contributed by atoms with Gasteiger partial charge in [0.05, 0.1) is 0 Å². The molecule has 0 saturated heterocycles. The van der Waals surface area contributed by atoms with Crippen LogP contribution in [-0.4, -0.2) is 17.4 Å². The van der Waals surface area contributed by atoms with Crippen molar-refractivity contribution in [2.24, 2.45) is 0 Å². The molecule has 0 fully saturated rings. The molecule has 3 heteroatoms. The van der Waals surface area contributed by atoms with Crippen LogP contribution in [0.25, 0.3) is 0 Å². The van der Waals surface area contributed by atoms with E-state index in [0.717, 1.165) is 13.2 Å². The zero-order chi connectivity index (χ0) is 9.11. The molecule has 0 heterocycles. The molecule has 11 heavy (non-hydrogen) atoms. The molecular formula is C8H12O3. The molecule has 0 aromatic rings. The number of hydrogen-bond donors (Lipinski definition) is 1. The molecule has 62 valence electrons. The van der Waals surface area contributed by atoms with Gasteiger partial charge in [-0.25, -0.2) is 0 Å². The van der Waals surface area contributed by atoms with Crippen molar-refractivity contribution < 1.29 is 14.7 Å². The third kappa shape index (κ3) is 55.0. The van der Waals surface area contributed by atoms with E-state index in [1.54, 1.807) is 12.2 Å². The number of hydrogen-bond acceptors (Lipinski definition) is 2. The fraction of sp³-hybridized carbons (Fsp3) is 0.250. The first-order valence-corrected chi connectivity index (χ1v) is 3.07. The lowest BCUT2D eigenvalue weighted by molar-refractivity contribution is -0.134. The Kier molecular flexibility index (Phi) is 12.8. The first kappa shape index (κ1) is 12.3. The predicted molar refractivity (Wildman–Crippen MR) is 43.3 cm³/mol. The van der Waals surface area contributed by atoms with Crippen LogP contribution < -0.4 is 0 Å². The third-order valence-corrected chi connectivity index (χ3v) is 0.493. The average molecular weight is 156 g/mol. The van der Waals surface area contributed by atoms with E-state index in [-0.39, 0.29) is 0 Å². The molecule has 0 amide bonds. The minimum Gasteiger partial charge on any atom is -0.481 e. The highest BCUT2D eigenvalue weighted by Gasteiger charge is 1.65. The van der Waals surface area contributed by atoms with Gasteiger partial charge in [0.2, 0.25) is 0 Å². The Bertz CT molecular complexity index is 153. The summed E-state index contributed by atoms with van der Waals surface area (Å²) in [5, 5.41) is 7.42. The Morgan fingerprint density at radius 2 is 1.73 bits per heavy atom. The first-order valence-electron chi connectivity index (χ1n) is 3.07. The van der Waals surface area contributed by atoms with Gasteiger partial charge in [-0.15, -0.1) is 0 Å². The summed E-state index contributed by atoms with van der Waals surface area (Å²) in [5.41, 5.74) is 0. The number of carbonyl (C=O) groups excluding carboxylic acids is 1. The van der Waals surface area contributed by atoms with Crippen LogP contribution in [0.1, 0.15) is 13.8 Å². The van der Waals surface area contributed by atoms with Gasteiger partial charge in [0.1, 0.15) is 6.29 Å². The molecular weight excluding hydrogens is 144 g/mol. The SMILES string of the molecule is C/C=C/C=C/C=O.CC(=O)O. The van der Waals surface area contributed by atoms with Crippen molar-refractivity contribution in [2.75, 3.05) is 0 Å². The predicted octanol–water partition coefficient (Wildman–Crippen LogP) is 1.41. The molecule has 0 aliphatic rings. The molecule has 0 rings (SSSR count). The summed E-state index contributed by atoms with van der Waals surface area (Å²) in [5.74, 6) is -0.833. The van der Waals surface area contributed by atoms with Crippen LogP contribution in [0.5, 0.6) is 0 Å². The zero-order valence-electron chi connectivity index (χ0n) is 6.65. The lowest BCUT2D eigenvalue weighted by atomic mass is 10.5. The molecule has 0 aliphatic carbocycles. The van der Waals surface area contributed by atoms with Crippen LogP contribution in [0.4, 0.5) is 0 Å². The van der Waals surface area contributed by atoms with Crippen LogP contribution in [0.2, 0.25) is 0 Å². The highest BCUT2D eigenvalue weighted by atomic mass is 16.4. The number of carbonyl (C=O) groups is 2. The van der Waals surface area contributed by atoms with Crippen LogP contribution >= 0.6 is 0 Å². The minimum atomic E-state index is -0.833. The van der Waals surface area contributed by atoms with E-state index in [1.807, 2.05) is 13.0 Å². The van der Waals surface area contributed by atoms with Crippen molar-refractivity contribution in [2.45, 2.75) is 13.8 Å². The zero-order valence-corrected chi connectivity index (χ0v) is 6.65. The molecule has 0 aromatic heterocycles. The third-order valence-electron chi connectivity index (χ3n) is 0.493. The number of aldehydes is 1. The quantitative estimate of drug-likeness (QED) is 0.373. The molecule has 0 saturated carbocycles. The van der Waals surface area contributed by atoms with Gasteiger partial charge in [-0.1, -0.05) is 18.2 Å². The fourth-order valence-corrected chi connectivity index (χ4v) is 0.221. The van der Waals surface area contributed by atoms with Gasteiger partial charge in [0, 0.05) is 6.92 Å². The molecule has 0 aromatic carbocycles. The largest absolute Gasteiger partial charge is 0.481 e. The van der Waals surface area contributed by atoms with Crippen molar-refractivity contribution >= 4 is 12.3 Å². The van der Waals surface area contributed by atoms with Gasteiger partial charge < -0.3 is 5.11 Å². The molecule has 0 bridgehead atoms. The van der Waals surface area contributed by atoms with Crippen molar-refractivity contribution in [3.8, 4) is 0 Å². The number of rotatable bonds is 2. The number of carboxylic acids is 1. The van der Waals surface area contributed by atoms with Gasteiger partial charge >= 0.3 is 0 Å². The Morgan fingerprint density at radius 1 is 1.27 bits per heavy atom. The van der Waals surface area contributed by atoms with Crippen LogP contribution in [0.3, 0.4) is 0 Å². The second kappa shape index (κ2) is 11.4. The van der Waals surface area contributed by atoms with E-state index < -0.39 is 5.97 Å². The second-order valence-electron chi connectivity index (χ2n) is 1.57. The Morgan fingerprint density at radius 3 is 2.00 bits per heavy atom. The molecule has 0 spiro atoms. The first-order chi connectivity index (χ1) is 5.15.